The summed E-state index contributed by atoms with van der Waals surface area (Å²) in [5.74, 6) is 0.496. The van der Waals surface area contributed by atoms with Gasteiger partial charge in [-0.3, -0.25) is 0 Å². The summed E-state index contributed by atoms with van der Waals surface area (Å²) in [5, 5.41) is 0. The van der Waals surface area contributed by atoms with Crippen molar-refractivity contribution in [1.29, 1.82) is 0 Å². The van der Waals surface area contributed by atoms with Crippen molar-refractivity contribution in [1.82, 2.24) is 0 Å². The standard InChI is InChI=1S/C15H11.2ClH.Zr/c1-2-6-12(7-3-1)15-11-10-13-8-4-5-9-14(13)15;;;/h1-10,15H;2*1H;/q;;;+2/p-2. The number of hydrogen-bond donors (Lipinski definition) is 0. The molecule has 0 amide bonds. The molecule has 3 rings (SSSR count). The monoisotopic (exact) mass is 351 g/mol. The molecule has 3 heteroatoms. The van der Waals surface area contributed by atoms with Gasteiger partial charge in [0.2, 0.25) is 0 Å². The maximum atomic E-state index is 2.34. The third-order valence-corrected chi connectivity index (χ3v) is 4.13. The van der Waals surface area contributed by atoms with E-state index in [1.54, 1.807) is 0 Å². The van der Waals surface area contributed by atoms with E-state index in [9.17, 15) is 0 Å². The van der Waals surface area contributed by atoms with Crippen molar-refractivity contribution in [2.45, 2.75) is 5.92 Å². The van der Waals surface area contributed by atoms with E-state index in [1.807, 2.05) is 0 Å². The molecule has 1 aliphatic carbocycles. The number of benzene rings is 2. The van der Waals surface area contributed by atoms with Gasteiger partial charge in [0, 0.05) is 0 Å². The summed E-state index contributed by atoms with van der Waals surface area (Å²) in [5.41, 5.74) is 4.26. The van der Waals surface area contributed by atoms with Crippen molar-refractivity contribution >= 4 is 6.08 Å². The van der Waals surface area contributed by atoms with E-state index in [-0.39, 0.29) is 24.8 Å². The van der Waals surface area contributed by atoms with Crippen LogP contribution in [0.3, 0.4) is 0 Å². The van der Waals surface area contributed by atoms with Gasteiger partial charge >= 0.3 is 111 Å². The van der Waals surface area contributed by atoms with E-state index in [4.69, 9.17) is 0 Å². The van der Waals surface area contributed by atoms with Crippen molar-refractivity contribution in [3.8, 4) is 0 Å². The summed E-state index contributed by atoms with van der Waals surface area (Å²) in [7, 11) is 0. The molecule has 1 unspecified atom stereocenters. The predicted molar refractivity (Wildman–Crippen MR) is 62.7 cm³/mol. The van der Waals surface area contributed by atoms with Crippen LogP contribution in [0, 0.1) is 0 Å². The molecule has 18 heavy (non-hydrogen) atoms. The Morgan fingerprint density at radius 1 is 0.778 bits per heavy atom. The molecule has 2 aromatic carbocycles. The van der Waals surface area contributed by atoms with Gasteiger partial charge in [-0.1, -0.05) is 0 Å². The molecule has 0 nitrogen and oxygen atoms in total. The van der Waals surface area contributed by atoms with E-state index in [0.29, 0.717) is 5.92 Å². The molecule has 0 fully saturated rings. The third-order valence-electron chi connectivity index (χ3n) is 3.06. The van der Waals surface area contributed by atoms with Gasteiger partial charge in [0.05, 0.1) is 0 Å². The molecule has 0 spiro atoms. The molecule has 0 radical (unpaired) electrons. The van der Waals surface area contributed by atoms with Gasteiger partial charge in [-0.05, 0) is 0 Å². The SMILES string of the molecule is [Cl-].[Cl-].[Zr+2][C]1=Cc2ccccc2C1c1ccccc1. The van der Waals surface area contributed by atoms with Crippen LogP contribution in [0.2, 0.25) is 0 Å². The fourth-order valence-corrected chi connectivity index (χ4v) is 3.50. The Balaban J connectivity index is 0.000000810. The second-order valence-corrected chi connectivity index (χ2v) is 5.49. The molecule has 0 N–H and O–H groups in total. The minimum atomic E-state index is 0. The van der Waals surface area contributed by atoms with Crippen LogP contribution in [-0.2, 0) is 24.7 Å². The summed E-state index contributed by atoms with van der Waals surface area (Å²) in [4.78, 5) is 0. The zero-order chi connectivity index (χ0) is 11.0. The summed E-state index contributed by atoms with van der Waals surface area (Å²) < 4.78 is 1.53. The van der Waals surface area contributed by atoms with Crippen LogP contribution in [-0.4, -0.2) is 0 Å². The van der Waals surface area contributed by atoms with Crippen molar-refractivity contribution < 1.29 is 49.5 Å². The molecule has 1 atom stereocenters. The van der Waals surface area contributed by atoms with Crippen LogP contribution in [0.5, 0.6) is 0 Å². The third kappa shape index (κ3) is 2.79. The van der Waals surface area contributed by atoms with E-state index < -0.39 is 0 Å². The number of hydrogen-bond acceptors (Lipinski definition) is 0. The molecule has 2 aromatic rings. The van der Waals surface area contributed by atoms with Crippen LogP contribution >= 0.6 is 0 Å². The number of allylic oxidation sites excluding steroid dienone is 1. The second kappa shape index (κ2) is 6.71. The molecular weight excluding hydrogens is 342 g/mol. The fraction of sp³-hybridized carbons (Fsp3) is 0.0667. The van der Waals surface area contributed by atoms with Gasteiger partial charge in [0.25, 0.3) is 0 Å². The molecule has 89 valence electrons. The zero-order valence-electron chi connectivity index (χ0n) is 9.61. The van der Waals surface area contributed by atoms with Crippen molar-refractivity contribution in [3.63, 3.8) is 0 Å². The topological polar surface area (TPSA) is 0 Å². The van der Waals surface area contributed by atoms with Crippen LogP contribution in [0.1, 0.15) is 22.6 Å². The first-order valence-corrected chi connectivity index (χ1v) is 6.66. The van der Waals surface area contributed by atoms with Crippen LogP contribution in [0.4, 0.5) is 0 Å². The first kappa shape index (κ1) is 15.7. The molecule has 0 bridgehead atoms. The number of fused-ring (bicyclic) bond motifs is 1. The van der Waals surface area contributed by atoms with Crippen LogP contribution < -0.4 is 24.8 Å². The molecular formula is C15H11Cl2Zr. The van der Waals surface area contributed by atoms with Gasteiger partial charge in [-0.15, -0.1) is 0 Å². The van der Waals surface area contributed by atoms with E-state index in [2.05, 4.69) is 60.7 Å². The van der Waals surface area contributed by atoms with Gasteiger partial charge in [-0.25, -0.2) is 0 Å². The molecule has 1 aliphatic rings. The van der Waals surface area contributed by atoms with Crippen molar-refractivity contribution in [3.05, 3.63) is 74.6 Å². The van der Waals surface area contributed by atoms with E-state index in [0.717, 1.165) is 0 Å². The fourth-order valence-electron chi connectivity index (χ4n) is 2.33. The van der Waals surface area contributed by atoms with Crippen molar-refractivity contribution in [2.24, 2.45) is 0 Å². The molecule has 0 aromatic heterocycles. The van der Waals surface area contributed by atoms with Gasteiger partial charge < -0.3 is 24.8 Å². The Morgan fingerprint density at radius 2 is 1.39 bits per heavy atom. The van der Waals surface area contributed by atoms with E-state index >= 15 is 0 Å². The Labute approximate surface area is 135 Å². The van der Waals surface area contributed by atoms with Gasteiger partial charge in [-0.2, -0.15) is 0 Å². The van der Waals surface area contributed by atoms with Crippen molar-refractivity contribution in [2.75, 3.05) is 0 Å². The zero-order valence-corrected chi connectivity index (χ0v) is 13.6. The van der Waals surface area contributed by atoms with Crippen LogP contribution in [0.15, 0.2) is 57.9 Å². The van der Waals surface area contributed by atoms with E-state index in [1.165, 1.54) is 44.7 Å². The Morgan fingerprint density at radius 3 is 2.11 bits per heavy atom. The Bertz CT molecular complexity index is 549. The summed E-state index contributed by atoms with van der Waals surface area (Å²) in [6, 6.07) is 19.5. The molecule has 0 aliphatic heterocycles. The minimum absolute atomic E-state index is 0. The Hall–Kier alpha value is -0.357. The average molecular weight is 353 g/mol. The predicted octanol–water partition coefficient (Wildman–Crippen LogP) is -2.27. The first-order chi connectivity index (χ1) is 7.86. The second-order valence-electron chi connectivity index (χ2n) is 4.07. The molecule has 0 saturated heterocycles. The normalized spacial score (nSPS) is 16.1. The van der Waals surface area contributed by atoms with Crippen LogP contribution in [0.25, 0.3) is 6.08 Å². The number of halogens is 2. The first-order valence-electron chi connectivity index (χ1n) is 5.43. The Kier molecular flexibility index (Phi) is 5.85. The number of rotatable bonds is 1. The maximum absolute atomic E-state index is 2.34. The quantitative estimate of drug-likeness (QED) is 0.543. The summed E-state index contributed by atoms with van der Waals surface area (Å²) in [6.45, 7) is 0. The molecule has 0 saturated carbocycles. The average Bonchev–Trinajstić information content (AvgIpc) is 2.66. The summed E-state index contributed by atoms with van der Waals surface area (Å²) >= 11 is 1.52. The molecule has 0 heterocycles. The summed E-state index contributed by atoms with van der Waals surface area (Å²) in [6.07, 6.45) is 2.34. The van der Waals surface area contributed by atoms with Gasteiger partial charge in [0.1, 0.15) is 0 Å². The van der Waals surface area contributed by atoms with Gasteiger partial charge in [0.15, 0.2) is 0 Å².